The number of amides is 1. The Kier molecular flexibility index (Phi) is 9.66. The van der Waals surface area contributed by atoms with Crippen molar-refractivity contribution in [2.45, 2.75) is 23.1 Å². The zero-order valence-electron chi connectivity index (χ0n) is 22.7. The van der Waals surface area contributed by atoms with Crippen LogP contribution in [0.4, 0.5) is 5.13 Å². The van der Waals surface area contributed by atoms with Crippen LogP contribution in [0.15, 0.2) is 83.5 Å². The summed E-state index contributed by atoms with van der Waals surface area (Å²) >= 11 is 14.9. The minimum atomic E-state index is -1.03. The van der Waals surface area contributed by atoms with E-state index >= 15 is 0 Å². The molecule has 5 rings (SSSR count). The third-order valence-corrected chi connectivity index (χ3v) is 9.00. The van der Waals surface area contributed by atoms with E-state index in [9.17, 15) is 14.7 Å². The van der Waals surface area contributed by atoms with Gasteiger partial charge in [0.1, 0.15) is 12.4 Å². The van der Waals surface area contributed by atoms with Gasteiger partial charge in [-0.1, -0.05) is 71.1 Å². The second-order valence-corrected chi connectivity index (χ2v) is 12.0. The lowest BCUT2D eigenvalue weighted by atomic mass is 9.95. The van der Waals surface area contributed by atoms with Gasteiger partial charge in [-0.15, -0.1) is 10.2 Å². The van der Waals surface area contributed by atoms with Crippen molar-refractivity contribution >= 4 is 68.9 Å². The first-order valence-electron chi connectivity index (χ1n) is 12.9. The second-order valence-electron chi connectivity index (χ2n) is 9.02. The van der Waals surface area contributed by atoms with Gasteiger partial charge in [0, 0.05) is 33.8 Å². The Morgan fingerprint density at radius 2 is 1.88 bits per heavy atom. The van der Waals surface area contributed by atoms with Crippen molar-refractivity contribution < 1.29 is 24.2 Å². The number of halogens is 2. The molecule has 1 fully saturated rings. The summed E-state index contributed by atoms with van der Waals surface area (Å²) in [5.41, 5.74) is 1.59. The Balaban J connectivity index is 1.56. The molecule has 1 aliphatic rings. The Bertz CT molecular complexity index is 1710. The van der Waals surface area contributed by atoms with Crippen molar-refractivity contribution in [3.63, 3.8) is 0 Å². The summed E-state index contributed by atoms with van der Waals surface area (Å²) in [6.45, 7) is 6.11. The van der Waals surface area contributed by atoms with Gasteiger partial charge in [0.25, 0.3) is 5.78 Å². The van der Waals surface area contributed by atoms with Crippen molar-refractivity contribution in [3.8, 4) is 11.5 Å². The smallest absolute Gasteiger partial charge is 0.301 e. The first-order valence-corrected chi connectivity index (χ1v) is 15.5. The maximum atomic E-state index is 13.6. The average Bonchev–Trinajstić information content (AvgIpc) is 3.58. The number of hydrogen-bond acceptors (Lipinski definition) is 10. The third-order valence-electron chi connectivity index (χ3n) is 6.31. The fraction of sp³-hybridized carbons (Fsp3) is 0.167. The number of ketones is 1. The van der Waals surface area contributed by atoms with Crippen LogP contribution in [0.25, 0.3) is 5.76 Å². The van der Waals surface area contributed by atoms with Gasteiger partial charge >= 0.3 is 5.91 Å². The highest BCUT2D eigenvalue weighted by molar-refractivity contribution is 8.00. The lowest BCUT2D eigenvalue weighted by Gasteiger charge is -2.23. The van der Waals surface area contributed by atoms with Crippen LogP contribution in [-0.4, -0.2) is 45.2 Å². The Labute approximate surface area is 265 Å². The van der Waals surface area contributed by atoms with Crippen LogP contribution >= 0.6 is 46.3 Å². The van der Waals surface area contributed by atoms with E-state index in [0.29, 0.717) is 49.4 Å². The first-order chi connectivity index (χ1) is 20.8. The molecule has 1 saturated heterocycles. The van der Waals surface area contributed by atoms with Crippen LogP contribution in [0.1, 0.15) is 29.7 Å². The van der Waals surface area contributed by atoms with E-state index in [2.05, 4.69) is 21.8 Å². The largest absolute Gasteiger partial charge is 0.507 e. The van der Waals surface area contributed by atoms with E-state index in [1.165, 1.54) is 29.1 Å². The molecule has 43 heavy (non-hydrogen) atoms. The number of carbonyl (C=O) groups is 2. The molecule has 9 nitrogen and oxygen atoms in total. The maximum absolute atomic E-state index is 13.6. The molecule has 2 aromatic carbocycles. The highest BCUT2D eigenvalue weighted by atomic mass is 35.5. The monoisotopic (exact) mass is 654 g/mol. The summed E-state index contributed by atoms with van der Waals surface area (Å²) < 4.78 is 12.1. The number of Topliss-reactive ketones (excluding diaryl/α,β-unsaturated/α-hetero) is 1. The lowest BCUT2D eigenvalue weighted by Crippen LogP contribution is -2.29. The molecular formula is C30H24Cl2N4O5S2. The molecule has 0 bridgehead atoms. The van der Waals surface area contributed by atoms with Gasteiger partial charge in [0.2, 0.25) is 5.13 Å². The van der Waals surface area contributed by atoms with E-state index in [-0.39, 0.29) is 23.1 Å². The van der Waals surface area contributed by atoms with Gasteiger partial charge in [-0.25, -0.2) is 0 Å². The van der Waals surface area contributed by atoms with Crippen LogP contribution < -0.4 is 14.4 Å². The number of ether oxygens (including phenoxy) is 2. The molecule has 1 amide bonds. The van der Waals surface area contributed by atoms with Gasteiger partial charge in [-0.05, 0) is 54.4 Å². The number of benzene rings is 2. The fourth-order valence-corrected chi connectivity index (χ4v) is 6.80. The number of pyridine rings is 1. The molecule has 1 atom stereocenters. The number of aromatic nitrogens is 3. The van der Waals surface area contributed by atoms with Gasteiger partial charge in [-0.2, -0.15) is 0 Å². The average molecular weight is 656 g/mol. The molecule has 1 N–H and O–H groups in total. The van der Waals surface area contributed by atoms with Crippen LogP contribution in [0.2, 0.25) is 10.0 Å². The molecule has 0 saturated carbocycles. The van der Waals surface area contributed by atoms with Crippen molar-refractivity contribution in [2.24, 2.45) is 0 Å². The predicted molar refractivity (Wildman–Crippen MR) is 168 cm³/mol. The Morgan fingerprint density at radius 1 is 1.09 bits per heavy atom. The number of aliphatic hydroxyl groups excluding tert-OH is 1. The summed E-state index contributed by atoms with van der Waals surface area (Å²) in [5.74, 6) is -0.689. The molecule has 4 aromatic rings. The number of nitrogens with zero attached hydrogens (tertiary/aromatic N) is 4. The van der Waals surface area contributed by atoms with E-state index in [1.807, 2.05) is 13.0 Å². The quantitative estimate of drug-likeness (QED) is 0.0450. The molecule has 0 aliphatic carbocycles. The van der Waals surface area contributed by atoms with Crippen LogP contribution in [0.3, 0.4) is 0 Å². The highest BCUT2D eigenvalue weighted by Gasteiger charge is 2.48. The van der Waals surface area contributed by atoms with Crippen LogP contribution in [-0.2, 0) is 15.3 Å². The number of thioether (sulfide) groups is 1. The summed E-state index contributed by atoms with van der Waals surface area (Å²) in [5, 5.41) is 21.1. The highest BCUT2D eigenvalue weighted by Crippen LogP contribution is 2.45. The fourth-order valence-electron chi connectivity index (χ4n) is 4.38. The maximum Gasteiger partial charge on any atom is 0.301 e. The summed E-state index contributed by atoms with van der Waals surface area (Å²) in [6, 6.07) is 12.4. The molecule has 2 aromatic heterocycles. The van der Waals surface area contributed by atoms with Gasteiger partial charge in [0.05, 0.1) is 18.2 Å². The van der Waals surface area contributed by atoms with Crippen molar-refractivity contribution in [1.29, 1.82) is 0 Å². The zero-order chi connectivity index (χ0) is 30.5. The number of hydrogen-bond donors (Lipinski definition) is 1. The Hall–Kier alpha value is -3.90. The van der Waals surface area contributed by atoms with Crippen molar-refractivity contribution in [2.75, 3.05) is 18.1 Å². The van der Waals surface area contributed by atoms with E-state index in [4.69, 9.17) is 32.7 Å². The minimum Gasteiger partial charge on any atom is -0.507 e. The minimum absolute atomic E-state index is 0.101. The number of anilines is 1. The topological polar surface area (TPSA) is 115 Å². The second kappa shape index (κ2) is 13.6. The Morgan fingerprint density at radius 3 is 2.60 bits per heavy atom. The van der Waals surface area contributed by atoms with Crippen molar-refractivity contribution in [3.05, 3.63) is 106 Å². The number of aliphatic hydroxyl groups is 1. The molecular weight excluding hydrogens is 631 g/mol. The molecule has 1 aliphatic heterocycles. The lowest BCUT2D eigenvalue weighted by molar-refractivity contribution is -0.132. The van der Waals surface area contributed by atoms with Gasteiger partial charge < -0.3 is 14.6 Å². The van der Waals surface area contributed by atoms with E-state index in [1.54, 1.807) is 48.5 Å². The summed E-state index contributed by atoms with van der Waals surface area (Å²) in [4.78, 5) is 32.3. The van der Waals surface area contributed by atoms with Crippen molar-refractivity contribution in [1.82, 2.24) is 15.2 Å². The van der Waals surface area contributed by atoms with Gasteiger partial charge in [0.15, 0.2) is 15.8 Å². The van der Waals surface area contributed by atoms with Crippen LogP contribution in [0, 0.1) is 0 Å². The molecule has 220 valence electrons. The molecule has 0 spiro atoms. The predicted octanol–water partition coefficient (Wildman–Crippen LogP) is 7.12. The number of carbonyl (C=O) groups excluding carboxylic acids is 2. The summed E-state index contributed by atoms with van der Waals surface area (Å²) in [7, 11) is 0. The SMILES string of the molecule is C=CCOc1ccc(C2C(=C(O)c3ccncc3)C(=O)C(=O)N2c2nnc(SCc3ccc(Cl)cc3Cl)s2)cc1OCC. The standard InChI is InChI=1S/C30H24Cl2N4O5S2/c1-3-13-41-22-8-6-18(14-23(22)40-4-2)25-24(26(37)17-9-11-33-12-10-17)27(38)28(39)36(25)29-34-35-30(43-29)42-16-19-5-7-20(31)15-21(19)32/h3,5-12,14-15,25,37H,1,4,13,16H2,2H3. The van der Waals surface area contributed by atoms with Crippen LogP contribution in [0.5, 0.6) is 11.5 Å². The third kappa shape index (κ3) is 6.54. The van der Waals surface area contributed by atoms with E-state index < -0.39 is 17.7 Å². The van der Waals surface area contributed by atoms with Gasteiger partial charge in [-0.3, -0.25) is 19.5 Å². The molecule has 1 unspecified atom stereocenters. The normalized spacial score (nSPS) is 16.0. The zero-order valence-corrected chi connectivity index (χ0v) is 25.8. The molecule has 13 heteroatoms. The molecule has 3 heterocycles. The summed E-state index contributed by atoms with van der Waals surface area (Å²) in [6.07, 6.45) is 4.58. The number of rotatable bonds is 11. The molecule has 0 radical (unpaired) electrons. The van der Waals surface area contributed by atoms with E-state index in [0.717, 1.165) is 16.9 Å². The first kappa shape index (κ1) is 30.6.